The average Bonchev–Trinajstić information content (AvgIpc) is 3.22. The van der Waals surface area contributed by atoms with Crippen LogP contribution in [-0.4, -0.2) is 42.8 Å². The summed E-state index contributed by atoms with van der Waals surface area (Å²) in [6.07, 6.45) is 10.2. The standard InChI is InChI=1S/C20H36N2O2/c1-20(2,3)18-16(10-7-13-24-18)14-21-19(23)22-12-6-11-17(22)15-8-4-5-9-15/h15-18H,4-14H2,1-3H3,(H,21,23)/t16-,17+,18+/m0/s1. The fourth-order valence-electron chi connectivity index (χ4n) is 5.21. The van der Waals surface area contributed by atoms with E-state index >= 15 is 0 Å². The molecule has 0 radical (unpaired) electrons. The molecule has 1 N–H and O–H groups in total. The summed E-state index contributed by atoms with van der Waals surface area (Å²) in [6, 6.07) is 0.663. The molecule has 0 spiro atoms. The van der Waals surface area contributed by atoms with Crippen molar-refractivity contribution in [3.05, 3.63) is 0 Å². The van der Waals surface area contributed by atoms with Crippen molar-refractivity contribution in [3.63, 3.8) is 0 Å². The lowest BCUT2D eigenvalue weighted by molar-refractivity contribution is -0.0839. The summed E-state index contributed by atoms with van der Waals surface area (Å²) in [5.74, 6) is 1.19. The van der Waals surface area contributed by atoms with Crippen LogP contribution < -0.4 is 5.32 Å². The number of likely N-dealkylation sites (tertiary alicyclic amines) is 1. The number of carbonyl (C=O) groups is 1. The van der Waals surface area contributed by atoms with Gasteiger partial charge in [0.15, 0.2) is 0 Å². The summed E-state index contributed by atoms with van der Waals surface area (Å²) in [6.45, 7) is 9.30. The third-order valence-corrected chi connectivity index (χ3v) is 6.32. The first-order valence-corrected chi connectivity index (χ1v) is 10.1. The Balaban J connectivity index is 1.54. The van der Waals surface area contributed by atoms with Crippen LogP contribution in [0.1, 0.15) is 72.1 Å². The normalized spacial score (nSPS) is 32.3. The molecule has 4 nitrogen and oxygen atoms in total. The molecule has 138 valence electrons. The van der Waals surface area contributed by atoms with Gasteiger partial charge < -0.3 is 15.0 Å². The summed E-state index contributed by atoms with van der Waals surface area (Å²) in [5, 5.41) is 3.26. The van der Waals surface area contributed by atoms with Gasteiger partial charge in [0.25, 0.3) is 0 Å². The summed E-state index contributed by atoms with van der Waals surface area (Å²) < 4.78 is 6.05. The smallest absolute Gasteiger partial charge is 0.317 e. The lowest BCUT2D eigenvalue weighted by Gasteiger charge is -2.40. The van der Waals surface area contributed by atoms with E-state index in [0.29, 0.717) is 12.0 Å². The van der Waals surface area contributed by atoms with Crippen molar-refractivity contribution >= 4 is 6.03 Å². The average molecular weight is 337 g/mol. The Hall–Kier alpha value is -0.770. The van der Waals surface area contributed by atoms with Crippen LogP contribution in [0.4, 0.5) is 4.79 Å². The van der Waals surface area contributed by atoms with Gasteiger partial charge in [-0.3, -0.25) is 0 Å². The molecular weight excluding hydrogens is 300 g/mol. The molecule has 2 saturated heterocycles. The van der Waals surface area contributed by atoms with E-state index in [-0.39, 0.29) is 17.6 Å². The second-order valence-corrected chi connectivity index (χ2v) is 9.19. The SMILES string of the molecule is CC(C)(C)[C@@H]1OCCC[C@H]1CNC(=O)N1CCC[C@@H]1C1CCCC1. The fraction of sp³-hybridized carbons (Fsp3) is 0.950. The highest BCUT2D eigenvalue weighted by Gasteiger charge is 2.38. The molecule has 0 aromatic carbocycles. The second-order valence-electron chi connectivity index (χ2n) is 9.19. The Morgan fingerprint density at radius 1 is 1.08 bits per heavy atom. The highest BCUT2D eigenvalue weighted by molar-refractivity contribution is 5.74. The number of amides is 2. The van der Waals surface area contributed by atoms with Gasteiger partial charge in [-0.2, -0.15) is 0 Å². The number of ether oxygens (including phenoxy) is 1. The topological polar surface area (TPSA) is 41.6 Å². The lowest BCUT2D eigenvalue weighted by Crippen LogP contribution is -2.49. The molecule has 3 atom stereocenters. The second kappa shape index (κ2) is 7.63. The van der Waals surface area contributed by atoms with Gasteiger partial charge in [-0.15, -0.1) is 0 Å². The van der Waals surface area contributed by atoms with Crippen LogP contribution in [-0.2, 0) is 4.74 Å². The van der Waals surface area contributed by atoms with E-state index in [9.17, 15) is 4.79 Å². The Bertz CT molecular complexity index is 426. The highest BCUT2D eigenvalue weighted by atomic mass is 16.5. The minimum absolute atomic E-state index is 0.135. The number of hydrogen-bond acceptors (Lipinski definition) is 2. The van der Waals surface area contributed by atoms with Crippen molar-refractivity contribution in [1.82, 2.24) is 10.2 Å². The van der Waals surface area contributed by atoms with Crippen LogP contribution in [0.2, 0.25) is 0 Å². The maximum atomic E-state index is 12.8. The minimum Gasteiger partial charge on any atom is -0.377 e. The molecule has 2 heterocycles. The molecular formula is C20H36N2O2. The quantitative estimate of drug-likeness (QED) is 0.839. The van der Waals surface area contributed by atoms with E-state index in [2.05, 4.69) is 31.0 Å². The number of nitrogens with one attached hydrogen (secondary N) is 1. The molecule has 0 bridgehead atoms. The molecule has 2 aliphatic heterocycles. The van der Waals surface area contributed by atoms with Crippen LogP contribution >= 0.6 is 0 Å². The molecule has 1 aliphatic carbocycles. The van der Waals surface area contributed by atoms with Gasteiger partial charge in [0.05, 0.1) is 6.10 Å². The molecule has 3 fully saturated rings. The Morgan fingerprint density at radius 3 is 2.54 bits per heavy atom. The summed E-state index contributed by atoms with van der Waals surface area (Å²) >= 11 is 0. The van der Waals surface area contributed by atoms with Gasteiger partial charge >= 0.3 is 6.03 Å². The van der Waals surface area contributed by atoms with Crippen molar-refractivity contribution < 1.29 is 9.53 Å². The molecule has 3 rings (SSSR count). The lowest BCUT2D eigenvalue weighted by atomic mass is 9.78. The van der Waals surface area contributed by atoms with E-state index in [4.69, 9.17) is 4.74 Å². The Morgan fingerprint density at radius 2 is 1.83 bits per heavy atom. The fourth-order valence-corrected chi connectivity index (χ4v) is 5.21. The third kappa shape index (κ3) is 4.07. The van der Waals surface area contributed by atoms with Gasteiger partial charge in [-0.1, -0.05) is 33.6 Å². The first kappa shape index (κ1) is 18.0. The summed E-state index contributed by atoms with van der Waals surface area (Å²) in [5.41, 5.74) is 0.135. The third-order valence-electron chi connectivity index (χ3n) is 6.32. The van der Waals surface area contributed by atoms with Crippen LogP contribution in [0.5, 0.6) is 0 Å². The molecule has 2 amide bonds. The highest BCUT2D eigenvalue weighted by Crippen LogP contribution is 2.36. The molecule has 3 aliphatic rings. The van der Waals surface area contributed by atoms with Gasteiger partial charge in [-0.25, -0.2) is 4.79 Å². The molecule has 4 heteroatoms. The van der Waals surface area contributed by atoms with Crippen LogP contribution in [0.25, 0.3) is 0 Å². The van der Waals surface area contributed by atoms with Gasteiger partial charge in [-0.05, 0) is 49.9 Å². The van der Waals surface area contributed by atoms with Gasteiger partial charge in [0.1, 0.15) is 0 Å². The Labute approximate surface area is 147 Å². The summed E-state index contributed by atoms with van der Waals surface area (Å²) in [4.78, 5) is 14.9. The van der Waals surface area contributed by atoms with Crippen LogP contribution in [0.3, 0.4) is 0 Å². The first-order valence-electron chi connectivity index (χ1n) is 10.1. The van der Waals surface area contributed by atoms with E-state index in [0.717, 1.165) is 38.5 Å². The molecule has 0 aromatic heterocycles. The van der Waals surface area contributed by atoms with Crippen LogP contribution in [0.15, 0.2) is 0 Å². The number of nitrogens with zero attached hydrogens (tertiary/aromatic N) is 1. The first-order chi connectivity index (χ1) is 11.5. The van der Waals surface area contributed by atoms with E-state index in [1.54, 1.807) is 0 Å². The number of rotatable bonds is 3. The van der Waals surface area contributed by atoms with Gasteiger partial charge in [0, 0.05) is 31.7 Å². The predicted octanol–water partition coefficient (Wildman–Crippen LogP) is 4.19. The summed E-state index contributed by atoms with van der Waals surface area (Å²) in [7, 11) is 0. The van der Waals surface area contributed by atoms with Crippen molar-refractivity contribution in [1.29, 1.82) is 0 Å². The van der Waals surface area contributed by atoms with Gasteiger partial charge in [0.2, 0.25) is 0 Å². The van der Waals surface area contributed by atoms with Crippen molar-refractivity contribution in [3.8, 4) is 0 Å². The number of urea groups is 1. The maximum absolute atomic E-state index is 12.8. The molecule has 0 unspecified atom stereocenters. The zero-order chi connectivity index (χ0) is 17.2. The van der Waals surface area contributed by atoms with E-state index in [1.807, 2.05) is 0 Å². The number of carbonyl (C=O) groups excluding carboxylic acids is 1. The molecule has 24 heavy (non-hydrogen) atoms. The van der Waals surface area contributed by atoms with Crippen molar-refractivity contribution in [2.24, 2.45) is 17.3 Å². The Kier molecular flexibility index (Phi) is 5.74. The van der Waals surface area contributed by atoms with Crippen molar-refractivity contribution in [2.75, 3.05) is 19.7 Å². The zero-order valence-corrected chi connectivity index (χ0v) is 15.9. The zero-order valence-electron chi connectivity index (χ0n) is 15.9. The molecule has 1 saturated carbocycles. The van der Waals surface area contributed by atoms with Crippen molar-refractivity contribution in [2.45, 2.75) is 84.3 Å². The molecule has 0 aromatic rings. The largest absolute Gasteiger partial charge is 0.377 e. The van der Waals surface area contributed by atoms with Crippen LogP contribution in [0, 0.1) is 17.3 Å². The predicted molar refractivity (Wildman–Crippen MR) is 97.0 cm³/mol. The maximum Gasteiger partial charge on any atom is 0.317 e. The van der Waals surface area contributed by atoms with E-state index in [1.165, 1.54) is 38.5 Å². The number of hydrogen-bond donors (Lipinski definition) is 1. The van der Waals surface area contributed by atoms with E-state index < -0.39 is 0 Å². The monoisotopic (exact) mass is 336 g/mol. The minimum atomic E-state index is 0.135.